The zero-order valence-electron chi connectivity index (χ0n) is 10.8. The van der Waals surface area contributed by atoms with Crippen LogP contribution in [0.1, 0.15) is 33.6 Å². The molecule has 0 unspecified atom stereocenters. The van der Waals surface area contributed by atoms with Gasteiger partial charge in [0.2, 0.25) is 0 Å². The van der Waals surface area contributed by atoms with Crippen LogP contribution in [-0.4, -0.2) is 48.2 Å². The number of carbonyl (C=O) groups is 2. The number of amides is 1. The average Bonchev–Trinajstić information content (AvgIpc) is 2.86. The van der Waals surface area contributed by atoms with Gasteiger partial charge in [0.25, 0.3) is 5.91 Å². The fourth-order valence-corrected chi connectivity index (χ4v) is 2.42. The molecule has 1 heterocycles. The van der Waals surface area contributed by atoms with Crippen LogP contribution < -0.4 is 0 Å². The number of nitrogens with zero attached hydrogens (tertiary/aromatic N) is 1. The van der Waals surface area contributed by atoms with Crippen molar-refractivity contribution in [2.75, 3.05) is 20.3 Å². The Labute approximate surface area is 111 Å². The van der Waals surface area contributed by atoms with E-state index in [4.69, 9.17) is 9.84 Å². The molecule has 2 rings (SSSR count). The van der Waals surface area contributed by atoms with E-state index in [-0.39, 0.29) is 17.5 Å². The average molecular weight is 263 g/mol. The molecule has 0 aromatic heterocycles. The molecule has 1 aromatic rings. The van der Waals surface area contributed by atoms with Crippen molar-refractivity contribution in [1.82, 2.24) is 4.90 Å². The molecule has 1 aliphatic rings. The lowest BCUT2D eigenvalue weighted by atomic mass is 10.1. The molecule has 1 aromatic carbocycles. The molecular weight excluding hydrogens is 246 g/mol. The third kappa shape index (κ3) is 2.93. The van der Waals surface area contributed by atoms with Crippen molar-refractivity contribution >= 4 is 11.9 Å². The van der Waals surface area contributed by atoms with E-state index in [1.54, 1.807) is 24.1 Å². The summed E-state index contributed by atoms with van der Waals surface area (Å²) in [7, 11) is 1.62. The topological polar surface area (TPSA) is 66.8 Å². The van der Waals surface area contributed by atoms with Crippen LogP contribution in [0.3, 0.4) is 0 Å². The molecule has 1 saturated heterocycles. The number of carboxylic acids is 1. The predicted molar refractivity (Wildman–Crippen MR) is 69.3 cm³/mol. The second-order valence-electron chi connectivity index (χ2n) is 4.64. The molecule has 1 N–H and O–H groups in total. The number of likely N-dealkylation sites (tertiary alicyclic amines) is 1. The molecule has 19 heavy (non-hydrogen) atoms. The molecule has 1 atom stereocenters. The maximum absolute atomic E-state index is 12.4. The second-order valence-corrected chi connectivity index (χ2v) is 4.64. The van der Waals surface area contributed by atoms with Crippen LogP contribution in [0.25, 0.3) is 0 Å². The summed E-state index contributed by atoms with van der Waals surface area (Å²) in [5.41, 5.74) is 0.552. The third-order valence-corrected chi connectivity index (χ3v) is 3.35. The first kappa shape index (κ1) is 13.5. The number of carbonyl (C=O) groups excluding carboxylic acids is 1. The predicted octanol–water partition coefficient (Wildman–Crippen LogP) is 1.64. The fourth-order valence-electron chi connectivity index (χ4n) is 2.42. The van der Waals surface area contributed by atoms with E-state index < -0.39 is 5.97 Å². The smallest absolute Gasteiger partial charge is 0.335 e. The van der Waals surface area contributed by atoms with Crippen LogP contribution in [0, 0.1) is 0 Å². The minimum Gasteiger partial charge on any atom is -0.478 e. The first-order valence-corrected chi connectivity index (χ1v) is 6.26. The number of ether oxygens (including phenoxy) is 1. The van der Waals surface area contributed by atoms with Crippen molar-refractivity contribution in [3.05, 3.63) is 35.4 Å². The fraction of sp³-hybridized carbons (Fsp3) is 0.429. The monoisotopic (exact) mass is 263 g/mol. The highest BCUT2D eigenvalue weighted by atomic mass is 16.5. The Morgan fingerprint density at radius 2 is 2.16 bits per heavy atom. The van der Waals surface area contributed by atoms with Crippen molar-refractivity contribution in [2.24, 2.45) is 0 Å². The quantitative estimate of drug-likeness (QED) is 0.896. The lowest BCUT2D eigenvalue weighted by molar-refractivity contribution is 0.0630. The lowest BCUT2D eigenvalue weighted by Crippen LogP contribution is -2.38. The first-order chi connectivity index (χ1) is 9.13. The van der Waals surface area contributed by atoms with E-state index in [0.717, 1.165) is 12.8 Å². The largest absolute Gasteiger partial charge is 0.478 e. The summed E-state index contributed by atoms with van der Waals surface area (Å²) < 4.78 is 5.12. The van der Waals surface area contributed by atoms with Gasteiger partial charge in [0.15, 0.2) is 0 Å². The number of benzene rings is 1. The number of carboxylic acid groups (broad SMARTS) is 1. The van der Waals surface area contributed by atoms with Crippen molar-refractivity contribution in [3.8, 4) is 0 Å². The van der Waals surface area contributed by atoms with Gasteiger partial charge in [0, 0.05) is 19.2 Å². The van der Waals surface area contributed by atoms with Crippen LogP contribution in [0.2, 0.25) is 0 Å². The molecule has 5 nitrogen and oxygen atoms in total. The summed E-state index contributed by atoms with van der Waals surface area (Å²) in [6.07, 6.45) is 1.89. The van der Waals surface area contributed by atoms with Crippen LogP contribution in [0.15, 0.2) is 24.3 Å². The van der Waals surface area contributed by atoms with Gasteiger partial charge in [-0.2, -0.15) is 0 Å². The summed E-state index contributed by atoms with van der Waals surface area (Å²) in [6.45, 7) is 1.22. The van der Waals surface area contributed by atoms with Crippen molar-refractivity contribution in [2.45, 2.75) is 18.9 Å². The maximum Gasteiger partial charge on any atom is 0.335 e. The molecule has 0 bridgehead atoms. The minimum atomic E-state index is -1.02. The molecule has 0 saturated carbocycles. The van der Waals surface area contributed by atoms with E-state index in [1.807, 2.05) is 0 Å². The van der Waals surface area contributed by atoms with Gasteiger partial charge in [-0.15, -0.1) is 0 Å². The van der Waals surface area contributed by atoms with Crippen molar-refractivity contribution in [1.29, 1.82) is 0 Å². The summed E-state index contributed by atoms with van der Waals surface area (Å²) in [6, 6.07) is 6.24. The Bertz CT molecular complexity index is 486. The number of methoxy groups -OCH3 is 1. The number of rotatable bonds is 4. The molecular formula is C14H17NO4. The summed E-state index contributed by atoms with van der Waals surface area (Å²) >= 11 is 0. The van der Waals surface area contributed by atoms with Crippen molar-refractivity contribution in [3.63, 3.8) is 0 Å². The van der Waals surface area contributed by atoms with Crippen LogP contribution in [0.4, 0.5) is 0 Å². The Kier molecular flexibility index (Phi) is 4.16. The molecule has 102 valence electrons. The molecule has 1 fully saturated rings. The molecule has 0 aliphatic carbocycles. The SMILES string of the molecule is COC[C@H]1CCCN1C(=O)c1cccc(C(=O)O)c1. The van der Waals surface area contributed by atoms with Crippen LogP contribution in [-0.2, 0) is 4.74 Å². The standard InChI is InChI=1S/C14H17NO4/c1-19-9-12-6-3-7-15(12)13(16)10-4-2-5-11(8-10)14(17)18/h2,4-5,8,12H,3,6-7,9H2,1H3,(H,17,18)/t12-/m1/s1. The minimum absolute atomic E-state index is 0.0889. The normalized spacial score (nSPS) is 18.6. The number of hydrogen-bond acceptors (Lipinski definition) is 3. The zero-order chi connectivity index (χ0) is 13.8. The van der Waals surface area contributed by atoms with E-state index in [2.05, 4.69) is 0 Å². The van der Waals surface area contributed by atoms with Crippen LogP contribution in [0.5, 0.6) is 0 Å². The Hall–Kier alpha value is -1.88. The lowest BCUT2D eigenvalue weighted by Gasteiger charge is -2.24. The van der Waals surface area contributed by atoms with Gasteiger partial charge >= 0.3 is 5.97 Å². The molecule has 5 heteroatoms. The van der Waals surface area contributed by atoms with Gasteiger partial charge in [-0.05, 0) is 31.0 Å². The van der Waals surface area contributed by atoms with E-state index in [1.165, 1.54) is 12.1 Å². The molecule has 1 aliphatic heterocycles. The highest BCUT2D eigenvalue weighted by Crippen LogP contribution is 2.20. The van der Waals surface area contributed by atoms with Crippen molar-refractivity contribution < 1.29 is 19.4 Å². The van der Waals surface area contributed by atoms with E-state index >= 15 is 0 Å². The van der Waals surface area contributed by atoms with Gasteiger partial charge in [-0.3, -0.25) is 4.79 Å². The highest BCUT2D eigenvalue weighted by Gasteiger charge is 2.29. The van der Waals surface area contributed by atoms with Crippen LogP contribution >= 0.6 is 0 Å². The molecule has 0 spiro atoms. The number of aromatic carboxylic acids is 1. The van der Waals surface area contributed by atoms with Gasteiger partial charge in [-0.1, -0.05) is 6.07 Å². The summed E-state index contributed by atoms with van der Waals surface area (Å²) in [5.74, 6) is -1.15. The van der Waals surface area contributed by atoms with Gasteiger partial charge in [0.05, 0.1) is 18.2 Å². The van der Waals surface area contributed by atoms with Gasteiger partial charge < -0.3 is 14.7 Å². The second kappa shape index (κ2) is 5.84. The summed E-state index contributed by atoms with van der Waals surface area (Å²) in [5, 5.41) is 8.95. The maximum atomic E-state index is 12.4. The third-order valence-electron chi connectivity index (χ3n) is 3.35. The number of hydrogen-bond donors (Lipinski definition) is 1. The molecule has 1 amide bonds. The van der Waals surface area contributed by atoms with E-state index in [0.29, 0.717) is 18.7 Å². The Morgan fingerprint density at radius 3 is 2.84 bits per heavy atom. The Balaban J connectivity index is 2.19. The molecule has 0 radical (unpaired) electrons. The van der Waals surface area contributed by atoms with E-state index in [9.17, 15) is 9.59 Å². The summed E-state index contributed by atoms with van der Waals surface area (Å²) in [4.78, 5) is 25.1. The zero-order valence-corrected chi connectivity index (χ0v) is 10.8. The first-order valence-electron chi connectivity index (χ1n) is 6.26. The van der Waals surface area contributed by atoms with Gasteiger partial charge in [-0.25, -0.2) is 4.79 Å². The highest BCUT2D eigenvalue weighted by molar-refractivity contribution is 5.97. The van der Waals surface area contributed by atoms with Gasteiger partial charge in [0.1, 0.15) is 0 Å². The Morgan fingerprint density at radius 1 is 1.42 bits per heavy atom.